The van der Waals surface area contributed by atoms with Crippen molar-refractivity contribution in [3.63, 3.8) is 0 Å². The number of benzene rings is 2. The Balaban J connectivity index is 1.87. The third-order valence-corrected chi connectivity index (χ3v) is 5.19. The molecule has 0 spiro atoms. The molecule has 0 aromatic heterocycles. The molecule has 0 unspecified atom stereocenters. The van der Waals surface area contributed by atoms with Crippen molar-refractivity contribution in [2.45, 2.75) is 17.7 Å². The van der Waals surface area contributed by atoms with Gasteiger partial charge in [0.05, 0.1) is 4.90 Å². The number of nitrogens with zero attached hydrogens (tertiary/aromatic N) is 1. The van der Waals surface area contributed by atoms with E-state index < -0.39 is 9.84 Å². The molecular weight excluding hydrogens is 322 g/mol. The second-order valence-corrected chi connectivity index (χ2v) is 7.92. The summed E-state index contributed by atoms with van der Waals surface area (Å²) in [6.45, 7) is 0.642. The number of hydrogen-bond donors (Lipinski definition) is 0. The van der Waals surface area contributed by atoms with Crippen LogP contribution in [0.5, 0.6) is 0 Å². The highest BCUT2D eigenvalue weighted by Gasteiger charge is 2.22. The fourth-order valence-electron chi connectivity index (χ4n) is 2.85. The van der Waals surface area contributed by atoms with Crippen LogP contribution < -0.4 is 4.90 Å². The average Bonchev–Trinajstić information content (AvgIpc) is 2.58. The van der Waals surface area contributed by atoms with Crippen molar-refractivity contribution in [1.82, 2.24) is 0 Å². The highest BCUT2D eigenvalue weighted by Crippen LogP contribution is 2.29. The lowest BCUT2D eigenvalue weighted by molar-refractivity contribution is -0.114. The minimum absolute atomic E-state index is 0.0908. The van der Waals surface area contributed by atoms with Gasteiger partial charge in [0.1, 0.15) is 0 Å². The lowest BCUT2D eigenvalue weighted by Gasteiger charge is -2.29. The van der Waals surface area contributed by atoms with Gasteiger partial charge in [-0.15, -0.1) is 0 Å². The number of rotatable bonds is 3. The standard InChI is InChI=1S/C19H19NO3S/c1-24(22,23)17-10-11-18-16(14-17)8-5-13-20(18)19(21)12-9-15-6-3-2-4-7-15/h2-4,6-7,9-12,14H,5,8,13H2,1H3. The first-order chi connectivity index (χ1) is 11.4. The number of aryl methyl sites for hydroxylation is 1. The first-order valence-electron chi connectivity index (χ1n) is 7.83. The number of anilines is 1. The van der Waals surface area contributed by atoms with E-state index in [9.17, 15) is 13.2 Å². The Bertz CT molecular complexity index is 886. The molecule has 5 heteroatoms. The molecule has 0 N–H and O–H groups in total. The van der Waals surface area contributed by atoms with E-state index in [0.717, 1.165) is 29.7 Å². The van der Waals surface area contributed by atoms with Gasteiger partial charge in [-0.1, -0.05) is 30.3 Å². The van der Waals surface area contributed by atoms with Crippen molar-refractivity contribution in [2.75, 3.05) is 17.7 Å². The Morgan fingerprint density at radius 1 is 1.12 bits per heavy atom. The summed E-state index contributed by atoms with van der Waals surface area (Å²) in [5, 5.41) is 0. The number of carbonyl (C=O) groups excluding carboxylic acids is 1. The maximum atomic E-state index is 12.5. The van der Waals surface area contributed by atoms with Crippen LogP contribution in [0.4, 0.5) is 5.69 Å². The summed E-state index contributed by atoms with van der Waals surface area (Å²) in [7, 11) is -3.24. The molecule has 0 bridgehead atoms. The van der Waals surface area contributed by atoms with Gasteiger partial charge in [0.2, 0.25) is 0 Å². The van der Waals surface area contributed by atoms with Crippen LogP contribution in [0, 0.1) is 0 Å². The van der Waals surface area contributed by atoms with Crippen LogP contribution in [0.1, 0.15) is 17.5 Å². The van der Waals surface area contributed by atoms with Crippen molar-refractivity contribution < 1.29 is 13.2 Å². The molecule has 2 aromatic rings. The van der Waals surface area contributed by atoms with E-state index in [-0.39, 0.29) is 5.91 Å². The van der Waals surface area contributed by atoms with Crippen LogP contribution in [0.25, 0.3) is 6.08 Å². The van der Waals surface area contributed by atoms with Gasteiger partial charge in [-0.3, -0.25) is 4.79 Å². The second-order valence-electron chi connectivity index (χ2n) is 5.90. The summed E-state index contributed by atoms with van der Waals surface area (Å²) < 4.78 is 23.4. The summed E-state index contributed by atoms with van der Waals surface area (Å²) in [6, 6.07) is 14.6. The maximum absolute atomic E-state index is 12.5. The van der Waals surface area contributed by atoms with Gasteiger partial charge < -0.3 is 4.90 Å². The highest BCUT2D eigenvalue weighted by atomic mass is 32.2. The lowest BCUT2D eigenvalue weighted by Crippen LogP contribution is -2.34. The van der Waals surface area contributed by atoms with Gasteiger partial charge in [0, 0.05) is 24.6 Å². The van der Waals surface area contributed by atoms with E-state index in [0.29, 0.717) is 11.4 Å². The SMILES string of the molecule is CS(=O)(=O)c1ccc2c(c1)CCCN2C(=O)C=Cc1ccccc1. The summed E-state index contributed by atoms with van der Waals surface area (Å²) in [4.78, 5) is 14.6. The predicted octanol–water partition coefficient (Wildman–Crippen LogP) is 3.08. The van der Waals surface area contributed by atoms with Crippen molar-refractivity contribution >= 4 is 27.5 Å². The molecule has 124 valence electrons. The Morgan fingerprint density at radius 3 is 2.58 bits per heavy atom. The minimum Gasteiger partial charge on any atom is -0.309 e. The van der Waals surface area contributed by atoms with E-state index in [2.05, 4.69) is 0 Å². The first-order valence-corrected chi connectivity index (χ1v) is 9.72. The predicted molar refractivity (Wildman–Crippen MR) is 95.7 cm³/mol. The van der Waals surface area contributed by atoms with Crippen LogP contribution in [-0.2, 0) is 21.1 Å². The second kappa shape index (κ2) is 6.61. The smallest absolute Gasteiger partial charge is 0.250 e. The molecule has 0 saturated carbocycles. The Labute approximate surface area is 142 Å². The monoisotopic (exact) mass is 341 g/mol. The van der Waals surface area contributed by atoms with Gasteiger partial charge in [0.15, 0.2) is 9.84 Å². The Kier molecular flexibility index (Phi) is 4.53. The van der Waals surface area contributed by atoms with Crippen molar-refractivity contribution in [2.24, 2.45) is 0 Å². The minimum atomic E-state index is -3.24. The largest absolute Gasteiger partial charge is 0.309 e. The lowest BCUT2D eigenvalue weighted by atomic mass is 10.0. The number of amides is 1. The molecule has 3 rings (SSSR count). The molecule has 1 heterocycles. The van der Waals surface area contributed by atoms with Crippen LogP contribution in [0.3, 0.4) is 0 Å². The zero-order valence-electron chi connectivity index (χ0n) is 13.5. The molecule has 4 nitrogen and oxygen atoms in total. The molecule has 0 saturated heterocycles. The summed E-state index contributed by atoms with van der Waals surface area (Å²) >= 11 is 0. The highest BCUT2D eigenvalue weighted by molar-refractivity contribution is 7.90. The van der Waals surface area contributed by atoms with E-state index in [1.165, 1.54) is 6.26 Å². The van der Waals surface area contributed by atoms with Gasteiger partial charge in [-0.25, -0.2) is 8.42 Å². The third-order valence-electron chi connectivity index (χ3n) is 4.08. The summed E-state index contributed by atoms with van der Waals surface area (Å²) in [5.74, 6) is -0.0908. The molecule has 0 radical (unpaired) electrons. The van der Waals surface area contributed by atoms with Crippen LogP contribution in [-0.4, -0.2) is 27.1 Å². The molecule has 0 aliphatic carbocycles. The molecule has 1 aliphatic heterocycles. The number of fused-ring (bicyclic) bond motifs is 1. The topological polar surface area (TPSA) is 54.5 Å². The zero-order chi connectivity index (χ0) is 17.2. The number of hydrogen-bond acceptors (Lipinski definition) is 3. The first kappa shape index (κ1) is 16.5. The van der Waals surface area contributed by atoms with Gasteiger partial charge in [-0.2, -0.15) is 0 Å². The van der Waals surface area contributed by atoms with Crippen molar-refractivity contribution in [3.05, 3.63) is 65.7 Å². The third kappa shape index (κ3) is 3.57. The van der Waals surface area contributed by atoms with Gasteiger partial charge in [-0.05, 0) is 48.2 Å². The Morgan fingerprint density at radius 2 is 1.88 bits per heavy atom. The fraction of sp³-hybridized carbons (Fsp3) is 0.211. The quantitative estimate of drug-likeness (QED) is 0.806. The molecule has 0 fully saturated rings. The molecule has 1 aliphatic rings. The normalized spacial score (nSPS) is 14.6. The van der Waals surface area contributed by atoms with Gasteiger partial charge >= 0.3 is 0 Å². The molecular formula is C19H19NO3S. The number of sulfone groups is 1. The van der Waals surface area contributed by atoms with Crippen LogP contribution >= 0.6 is 0 Å². The van der Waals surface area contributed by atoms with E-state index in [1.807, 2.05) is 30.3 Å². The fourth-order valence-corrected chi connectivity index (χ4v) is 3.53. The van der Waals surface area contributed by atoms with E-state index in [1.54, 1.807) is 35.3 Å². The summed E-state index contributed by atoms with van der Waals surface area (Å²) in [6.07, 6.45) is 6.16. The summed E-state index contributed by atoms with van der Waals surface area (Å²) in [5.41, 5.74) is 2.68. The average molecular weight is 341 g/mol. The molecule has 1 amide bonds. The van der Waals surface area contributed by atoms with E-state index >= 15 is 0 Å². The molecule has 2 aromatic carbocycles. The zero-order valence-corrected chi connectivity index (χ0v) is 14.3. The van der Waals surface area contributed by atoms with Gasteiger partial charge in [0.25, 0.3) is 5.91 Å². The van der Waals surface area contributed by atoms with Crippen molar-refractivity contribution in [3.8, 4) is 0 Å². The van der Waals surface area contributed by atoms with Crippen molar-refractivity contribution in [1.29, 1.82) is 0 Å². The van der Waals surface area contributed by atoms with Crippen LogP contribution in [0.2, 0.25) is 0 Å². The maximum Gasteiger partial charge on any atom is 0.250 e. The Hall–Kier alpha value is -2.40. The number of carbonyl (C=O) groups is 1. The van der Waals surface area contributed by atoms with E-state index in [4.69, 9.17) is 0 Å². The van der Waals surface area contributed by atoms with Crippen LogP contribution in [0.15, 0.2) is 59.5 Å². The molecule has 0 atom stereocenters. The molecule has 24 heavy (non-hydrogen) atoms.